The summed E-state index contributed by atoms with van der Waals surface area (Å²) in [5, 5.41) is 18.8. The van der Waals surface area contributed by atoms with Crippen molar-refractivity contribution >= 4 is 17.6 Å². The van der Waals surface area contributed by atoms with Gasteiger partial charge in [0, 0.05) is 12.1 Å². The lowest BCUT2D eigenvalue weighted by Crippen LogP contribution is -2.49. The second kappa shape index (κ2) is 6.90. The third-order valence-corrected chi connectivity index (χ3v) is 4.92. The fourth-order valence-electron chi connectivity index (χ4n) is 3.26. The minimum absolute atomic E-state index is 0.0435. The Balaban J connectivity index is 1.74. The highest BCUT2D eigenvalue weighted by Gasteiger charge is 2.30. The van der Waals surface area contributed by atoms with Crippen LogP contribution in [0.1, 0.15) is 53.6 Å². The molecule has 1 aliphatic rings. The SMILES string of the molecule is C=C(C)c1cccc(C(C)(C)NC(=O)N2CCc3c(C(=O)O)n[nH]c3C2)c1. The van der Waals surface area contributed by atoms with E-state index in [4.69, 9.17) is 5.11 Å². The van der Waals surface area contributed by atoms with Crippen LogP contribution in [0.5, 0.6) is 0 Å². The minimum atomic E-state index is -1.05. The van der Waals surface area contributed by atoms with Crippen molar-refractivity contribution in [1.29, 1.82) is 0 Å². The van der Waals surface area contributed by atoms with Gasteiger partial charge in [-0.1, -0.05) is 30.4 Å². The lowest BCUT2D eigenvalue weighted by molar-refractivity contribution is 0.0689. The number of allylic oxidation sites excluding steroid dienone is 1. The van der Waals surface area contributed by atoms with E-state index in [9.17, 15) is 9.59 Å². The normalized spacial score (nSPS) is 13.8. The molecule has 142 valence electrons. The van der Waals surface area contributed by atoms with Crippen LogP contribution in [0.3, 0.4) is 0 Å². The Hall–Kier alpha value is -3.09. The predicted molar refractivity (Wildman–Crippen MR) is 102 cm³/mol. The maximum atomic E-state index is 12.8. The predicted octanol–water partition coefficient (Wildman–Crippen LogP) is 3.14. The molecular formula is C20H24N4O3. The molecule has 0 fully saturated rings. The quantitative estimate of drug-likeness (QED) is 0.772. The van der Waals surface area contributed by atoms with Crippen molar-refractivity contribution < 1.29 is 14.7 Å². The monoisotopic (exact) mass is 368 g/mol. The van der Waals surface area contributed by atoms with Crippen LogP contribution in [-0.4, -0.2) is 38.7 Å². The van der Waals surface area contributed by atoms with E-state index >= 15 is 0 Å². The van der Waals surface area contributed by atoms with Crippen LogP contribution in [0.4, 0.5) is 4.79 Å². The summed E-state index contributed by atoms with van der Waals surface area (Å²) in [6.45, 7) is 10.6. The number of hydrogen-bond acceptors (Lipinski definition) is 3. The van der Waals surface area contributed by atoms with Crippen LogP contribution in [0.15, 0.2) is 30.8 Å². The number of amides is 2. The minimum Gasteiger partial charge on any atom is -0.476 e. The number of nitrogens with zero attached hydrogens (tertiary/aromatic N) is 2. The number of fused-ring (bicyclic) bond motifs is 1. The molecule has 0 radical (unpaired) electrons. The van der Waals surface area contributed by atoms with Crippen LogP contribution >= 0.6 is 0 Å². The molecule has 0 bridgehead atoms. The summed E-state index contributed by atoms with van der Waals surface area (Å²) in [6, 6.07) is 7.77. The summed E-state index contributed by atoms with van der Waals surface area (Å²) in [6.07, 6.45) is 0.465. The molecule has 1 aromatic carbocycles. The molecule has 1 aromatic heterocycles. The third-order valence-electron chi connectivity index (χ3n) is 4.92. The van der Waals surface area contributed by atoms with Crippen molar-refractivity contribution in [3.63, 3.8) is 0 Å². The van der Waals surface area contributed by atoms with Crippen molar-refractivity contribution in [2.24, 2.45) is 0 Å². The summed E-state index contributed by atoms with van der Waals surface area (Å²) < 4.78 is 0. The highest BCUT2D eigenvalue weighted by atomic mass is 16.4. The van der Waals surface area contributed by atoms with Gasteiger partial charge in [0.05, 0.1) is 17.8 Å². The van der Waals surface area contributed by atoms with Gasteiger partial charge in [0.2, 0.25) is 0 Å². The Bertz CT molecular complexity index is 914. The number of aromatic nitrogens is 2. The first kappa shape index (κ1) is 18.7. The van der Waals surface area contributed by atoms with E-state index in [0.29, 0.717) is 30.8 Å². The number of nitrogens with one attached hydrogen (secondary N) is 2. The van der Waals surface area contributed by atoms with E-state index in [1.807, 2.05) is 45.0 Å². The maximum Gasteiger partial charge on any atom is 0.356 e. The molecule has 27 heavy (non-hydrogen) atoms. The Morgan fingerprint density at radius 3 is 2.78 bits per heavy atom. The van der Waals surface area contributed by atoms with Gasteiger partial charge in [-0.15, -0.1) is 0 Å². The van der Waals surface area contributed by atoms with Crippen molar-refractivity contribution in [3.8, 4) is 0 Å². The number of aromatic carboxylic acids is 1. The largest absolute Gasteiger partial charge is 0.476 e. The molecule has 3 N–H and O–H groups in total. The lowest BCUT2D eigenvalue weighted by Gasteiger charge is -2.33. The standard InChI is InChI=1S/C20H24N4O3/c1-12(2)13-6-5-7-14(10-13)20(3,4)21-19(27)24-9-8-15-16(11-24)22-23-17(15)18(25)26/h5-7,10H,1,8-9,11H2,2-4H3,(H,21,27)(H,22,23)(H,25,26). The highest BCUT2D eigenvalue weighted by Crippen LogP contribution is 2.25. The number of carboxylic acid groups (broad SMARTS) is 1. The zero-order chi connectivity index (χ0) is 19.8. The van der Waals surface area contributed by atoms with Gasteiger partial charge in [0.15, 0.2) is 5.69 Å². The number of H-pyrrole nitrogens is 1. The van der Waals surface area contributed by atoms with Crippen molar-refractivity contribution in [3.05, 3.63) is 58.9 Å². The molecule has 0 saturated carbocycles. The molecule has 0 aliphatic carbocycles. The topological polar surface area (TPSA) is 98.3 Å². The van der Waals surface area contributed by atoms with Crippen LogP contribution < -0.4 is 5.32 Å². The van der Waals surface area contributed by atoms with E-state index in [0.717, 1.165) is 16.7 Å². The van der Waals surface area contributed by atoms with Gasteiger partial charge in [-0.05, 0) is 44.4 Å². The van der Waals surface area contributed by atoms with E-state index in [-0.39, 0.29) is 11.7 Å². The number of carboxylic acids is 1. The summed E-state index contributed by atoms with van der Waals surface area (Å²) in [4.78, 5) is 25.7. The number of rotatable bonds is 4. The Kier molecular flexibility index (Phi) is 4.78. The van der Waals surface area contributed by atoms with Gasteiger partial charge in [-0.2, -0.15) is 5.10 Å². The van der Waals surface area contributed by atoms with Crippen molar-refractivity contribution in [2.45, 2.75) is 39.3 Å². The average Bonchev–Trinajstić information content (AvgIpc) is 3.04. The highest BCUT2D eigenvalue weighted by molar-refractivity contribution is 5.87. The zero-order valence-corrected chi connectivity index (χ0v) is 15.8. The Labute approximate surface area is 158 Å². The van der Waals surface area contributed by atoms with Crippen molar-refractivity contribution in [2.75, 3.05) is 6.54 Å². The Morgan fingerprint density at radius 1 is 1.37 bits per heavy atom. The molecule has 0 saturated heterocycles. The number of benzene rings is 1. The van der Waals surface area contributed by atoms with Crippen LogP contribution in [-0.2, 0) is 18.5 Å². The number of urea groups is 1. The second-order valence-electron chi connectivity index (χ2n) is 7.42. The molecule has 0 atom stereocenters. The van der Waals surface area contributed by atoms with Gasteiger partial charge in [-0.25, -0.2) is 9.59 Å². The summed E-state index contributed by atoms with van der Waals surface area (Å²) in [5.74, 6) is -1.05. The van der Waals surface area contributed by atoms with Crippen molar-refractivity contribution in [1.82, 2.24) is 20.4 Å². The number of carbonyl (C=O) groups is 2. The van der Waals surface area contributed by atoms with Crippen LogP contribution in [0.2, 0.25) is 0 Å². The maximum absolute atomic E-state index is 12.8. The average molecular weight is 368 g/mol. The van der Waals surface area contributed by atoms with Gasteiger partial charge >= 0.3 is 12.0 Å². The molecule has 7 nitrogen and oxygen atoms in total. The first-order valence-electron chi connectivity index (χ1n) is 8.82. The van der Waals surface area contributed by atoms with Gasteiger partial charge in [-0.3, -0.25) is 5.10 Å². The molecule has 1 aliphatic heterocycles. The smallest absolute Gasteiger partial charge is 0.356 e. The van der Waals surface area contributed by atoms with E-state index < -0.39 is 11.5 Å². The van der Waals surface area contributed by atoms with Gasteiger partial charge in [0.25, 0.3) is 0 Å². The Morgan fingerprint density at radius 2 is 2.11 bits per heavy atom. The third kappa shape index (κ3) is 3.72. The lowest BCUT2D eigenvalue weighted by atomic mass is 9.91. The van der Waals surface area contributed by atoms with E-state index in [2.05, 4.69) is 22.1 Å². The fourth-order valence-corrected chi connectivity index (χ4v) is 3.26. The molecule has 2 heterocycles. The fraction of sp³-hybridized carbons (Fsp3) is 0.350. The molecular weight excluding hydrogens is 344 g/mol. The first-order valence-corrected chi connectivity index (χ1v) is 8.82. The zero-order valence-electron chi connectivity index (χ0n) is 15.8. The second-order valence-corrected chi connectivity index (χ2v) is 7.42. The molecule has 7 heteroatoms. The molecule has 0 spiro atoms. The number of hydrogen-bond donors (Lipinski definition) is 3. The van der Waals surface area contributed by atoms with Gasteiger partial charge < -0.3 is 15.3 Å². The summed E-state index contributed by atoms with van der Waals surface area (Å²) >= 11 is 0. The molecule has 2 amide bonds. The van der Waals surface area contributed by atoms with E-state index in [1.165, 1.54) is 0 Å². The summed E-state index contributed by atoms with van der Waals surface area (Å²) in [5.41, 5.74) is 3.83. The number of carbonyl (C=O) groups excluding carboxylic acids is 1. The summed E-state index contributed by atoms with van der Waals surface area (Å²) in [7, 11) is 0. The van der Waals surface area contributed by atoms with E-state index in [1.54, 1.807) is 4.90 Å². The molecule has 0 unspecified atom stereocenters. The van der Waals surface area contributed by atoms with Gasteiger partial charge in [0.1, 0.15) is 0 Å². The van der Waals surface area contributed by atoms with Crippen LogP contribution in [0.25, 0.3) is 5.57 Å². The molecule has 3 rings (SSSR count). The van der Waals surface area contributed by atoms with Crippen LogP contribution in [0, 0.1) is 0 Å². The molecule has 2 aromatic rings. The first-order chi connectivity index (χ1) is 12.7. The number of aromatic amines is 1.